The average molecular weight is 294 g/mol. The Morgan fingerprint density at radius 3 is 2.48 bits per heavy atom. The van der Waals surface area contributed by atoms with Crippen LogP contribution in [0.15, 0.2) is 18.3 Å². The first kappa shape index (κ1) is 17.3. The third-order valence-corrected chi connectivity index (χ3v) is 3.64. The monoisotopic (exact) mass is 294 g/mol. The van der Waals surface area contributed by atoms with E-state index in [-0.39, 0.29) is 23.9 Å². The zero-order chi connectivity index (χ0) is 16.0. The number of carbonyl (C=O) groups excluding carboxylic acids is 1. The molecule has 1 rings (SSSR count). The Hall–Kier alpha value is -1.78. The van der Waals surface area contributed by atoms with Crippen LogP contribution in [-0.4, -0.2) is 27.6 Å². The topological polar surface area (TPSA) is 71.3 Å². The quantitative estimate of drug-likeness (QED) is 0.774. The van der Waals surface area contributed by atoms with Crippen molar-refractivity contribution in [2.45, 2.75) is 59.0 Å². The van der Waals surface area contributed by atoms with Crippen molar-refractivity contribution >= 4 is 11.9 Å². The molecule has 0 aliphatic carbocycles. The van der Waals surface area contributed by atoms with E-state index in [1.54, 1.807) is 6.92 Å². The smallest absolute Gasteiger partial charge is 0.306 e. The largest absolute Gasteiger partial charge is 0.481 e. The molecule has 0 fully saturated rings. The van der Waals surface area contributed by atoms with Crippen molar-refractivity contribution in [1.82, 2.24) is 9.88 Å². The molecule has 0 aliphatic heterocycles. The van der Waals surface area contributed by atoms with Crippen LogP contribution in [0.1, 0.15) is 63.5 Å². The molecule has 118 valence electrons. The number of carbonyl (C=O) groups is 2. The summed E-state index contributed by atoms with van der Waals surface area (Å²) in [6.45, 7) is 7.73. The average Bonchev–Trinajstić information content (AvgIpc) is 2.87. The number of amides is 1. The predicted molar refractivity (Wildman–Crippen MR) is 82.4 cm³/mol. The lowest BCUT2D eigenvalue weighted by Crippen LogP contribution is -2.34. The molecular formula is C16H26N2O3. The number of nitrogens with zero attached hydrogens (tertiary/aromatic N) is 1. The zero-order valence-electron chi connectivity index (χ0n) is 13.3. The van der Waals surface area contributed by atoms with Crippen LogP contribution in [0.4, 0.5) is 0 Å². The van der Waals surface area contributed by atoms with Crippen LogP contribution in [0, 0.1) is 5.92 Å². The Morgan fingerprint density at radius 1 is 1.24 bits per heavy atom. The van der Waals surface area contributed by atoms with E-state index < -0.39 is 5.97 Å². The Labute approximate surface area is 126 Å². The van der Waals surface area contributed by atoms with E-state index in [4.69, 9.17) is 5.11 Å². The fourth-order valence-electron chi connectivity index (χ4n) is 2.26. The van der Waals surface area contributed by atoms with Crippen LogP contribution < -0.4 is 5.32 Å². The van der Waals surface area contributed by atoms with Gasteiger partial charge in [0.1, 0.15) is 5.69 Å². The number of carboxylic acid groups (broad SMARTS) is 1. The maximum atomic E-state index is 12.2. The van der Waals surface area contributed by atoms with Gasteiger partial charge in [-0.05, 0) is 45.7 Å². The molecule has 0 aliphatic rings. The summed E-state index contributed by atoms with van der Waals surface area (Å²) in [5, 5.41) is 11.8. The van der Waals surface area contributed by atoms with Crippen LogP contribution >= 0.6 is 0 Å². The van der Waals surface area contributed by atoms with Crippen molar-refractivity contribution in [3.05, 3.63) is 24.0 Å². The number of hydrogen-bond donors (Lipinski definition) is 2. The number of carboxylic acids is 1. The van der Waals surface area contributed by atoms with Gasteiger partial charge in [0, 0.05) is 18.3 Å². The third-order valence-electron chi connectivity index (χ3n) is 3.64. The van der Waals surface area contributed by atoms with Crippen LogP contribution in [0.3, 0.4) is 0 Å². The van der Waals surface area contributed by atoms with Crippen molar-refractivity contribution in [1.29, 1.82) is 0 Å². The molecule has 1 heterocycles. The van der Waals surface area contributed by atoms with Crippen LogP contribution in [0.2, 0.25) is 0 Å². The molecule has 0 saturated carbocycles. The van der Waals surface area contributed by atoms with Crippen molar-refractivity contribution in [2.24, 2.45) is 5.92 Å². The molecule has 21 heavy (non-hydrogen) atoms. The summed E-state index contributed by atoms with van der Waals surface area (Å²) in [7, 11) is 0. The second kappa shape index (κ2) is 7.86. The predicted octanol–water partition coefficient (Wildman–Crippen LogP) is 3.08. The summed E-state index contributed by atoms with van der Waals surface area (Å²) in [6, 6.07) is 3.96. The number of nitrogens with one attached hydrogen (secondary N) is 1. The van der Waals surface area contributed by atoms with Crippen LogP contribution in [0.25, 0.3) is 0 Å². The number of aromatic nitrogens is 1. The minimum absolute atomic E-state index is 0.0361. The van der Waals surface area contributed by atoms with E-state index in [0.29, 0.717) is 12.1 Å². The van der Waals surface area contributed by atoms with Crippen LogP contribution in [0.5, 0.6) is 0 Å². The van der Waals surface area contributed by atoms with E-state index >= 15 is 0 Å². The van der Waals surface area contributed by atoms with Gasteiger partial charge in [0.05, 0.1) is 5.92 Å². The summed E-state index contributed by atoms with van der Waals surface area (Å²) in [6.07, 6.45) is 4.11. The van der Waals surface area contributed by atoms with Crippen LogP contribution in [-0.2, 0) is 4.79 Å². The summed E-state index contributed by atoms with van der Waals surface area (Å²) in [4.78, 5) is 23.0. The number of aliphatic carboxylic acids is 1. The van der Waals surface area contributed by atoms with Gasteiger partial charge in [-0.2, -0.15) is 0 Å². The standard InChI is InChI=1S/C16H26N2O3/c1-11(2)18-10-6-9-14(18)15(19)17-13(4)8-5-7-12(3)16(20)21/h6,9-13H,5,7-8H2,1-4H3,(H,17,19)(H,20,21). The van der Waals surface area contributed by atoms with Gasteiger partial charge in [-0.25, -0.2) is 0 Å². The van der Waals surface area contributed by atoms with E-state index in [0.717, 1.165) is 12.8 Å². The molecule has 2 N–H and O–H groups in total. The highest BCUT2D eigenvalue weighted by Crippen LogP contribution is 2.12. The van der Waals surface area contributed by atoms with Gasteiger partial charge >= 0.3 is 5.97 Å². The van der Waals surface area contributed by atoms with Crippen molar-refractivity contribution < 1.29 is 14.7 Å². The SMILES string of the molecule is CC(CCCC(C)C(=O)O)NC(=O)c1cccn1C(C)C. The van der Waals surface area contributed by atoms with Crippen molar-refractivity contribution in [3.8, 4) is 0 Å². The lowest BCUT2D eigenvalue weighted by atomic mass is 10.0. The maximum Gasteiger partial charge on any atom is 0.306 e. The molecule has 1 aromatic heterocycles. The Balaban J connectivity index is 2.44. The molecule has 2 unspecified atom stereocenters. The van der Waals surface area contributed by atoms with Gasteiger partial charge in [-0.1, -0.05) is 13.3 Å². The molecule has 0 radical (unpaired) electrons. The van der Waals surface area contributed by atoms with Gasteiger partial charge in [0.25, 0.3) is 5.91 Å². The molecule has 0 bridgehead atoms. The first-order valence-corrected chi connectivity index (χ1v) is 7.53. The van der Waals surface area contributed by atoms with Crippen molar-refractivity contribution in [3.63, 3.8) is 0 Å². The molecule has 5 nitrogen and oxygen atoms in total. The fraction of sp³-hybridized carbons (Fsp3) is 0.625. The second-order valence-corrected chi connectivity index (χ2v) is 5.94. The number of hydrogen-bond acceptors (Lipinski definition) is 2. The second-order valence-electron chi connectivity index (χ2n) is 5.94. The van der Waals surface area contributed by atoms with Gasteiger partial charge in [-0.3, -0.25) is 9.59 Å². The zero-order valence-corrected chi connectivity index (χ0v) is 13.3. The summed E-state index contributed by atoms with van der Waals surface area (Å²) in [5.74, 6) is -1.17. The van der Waals surface area contributed by atoms with E-state index in [9.17, 15) is 9.59 Å². The Bertz CT molecular complexity index is 480. The summed E-state index contributed by atoms with van der Waals surface area (Å²) >= 11 is 0. The van der Waals surface area contributed by atoms with Gasteiger partial charge in [-0.15, -0.1) is 0 Å². The molecule has 1 amide bonds. The molecule has 0 spiro atoms. The highest BCUT2D eigenvalue weighted by molar-refractivity contribution is 5.92. The molecule has 5 heteroatoms. The van der Waals surface area contributed by atoms with Gasteiger partial charge < -0.3 is 15.0 Å². The first-order valence-electron chi connectivity index (χ1n) is 7.53. The first-order chi connectivity index (χ1) is 9.82. The Kier molecular flexibility index (Phi) is 6.46. The normalized spacial score (nSPS) is 14.0. The lowest BCUT2D eigenvalue weighted by Gasteiger charge is -2.17. The lowest BCUT2D eigenvalue weighted by molar-refractivity contribution is -0.141. The van der Waals surface area contributed by atoms with E-state index in [1.807, 2.05) is 43.7 Å². The van der Waals surface area contributed by atoms with E-state index in [1.165, 1.54) is 0 Å². The molecular weight excluding hydrogens is 268 g/mol. The summed E-state index contributed by atoms with van der Waals surface area (Å²) < 4.78 is 1.94. The molecule has 0 aromatic carbocycles. The highest BCUT2D eigenvalue weighted by Gasteiger charge is 2.16. The fourth-order valence-corrected chi connectivity index (χ4v) is 2.26. The minimum atomic E-state index is -0.763. The molecule has 0 saturated heterocycles. The Morgan fingerprint density at radius 2 is 1.90 bits per heavy atom. The molecule has 2 atom stereocenters. The van der Waals surface area contributed by atoms with Gasteiger partial charge in [0.15, 0.2) is 0 Å². The highest BCUT2D eigenvalue weighted by atomic mass is 16.4. The maximum absolute atomic E-state index is 12.2. The molecule has 1 aromatic rings. The van der Waals surface area contributed by atoms with Crippen molar-refractivity contribution in [2.75, 3.05) is 0 Å². The third kappa shape index (κ3) is 5.25. The summed E-state index contributed by atoms with van der Waals surface area (Å²) in [5.41, 5.74) is 0.663. The minimum Gasteiger partial charge on any atom is -0.481 e. The number of rotatable bonds is 8. The van der Waals surface area contributed by atoms with Gasteiger partial charge in [0.2, 0.25) is 0 Å². The van der Waals surface area contributed by atoms with E-state index in [2.05, 4.69) is 5.32 Å².